The van der Waals surface area contributed by atoms with Crippen molar-refractivity contribution in [2.24, 2.45) is 0 Å². The highest BCUT2D eigenvalue weighted by molar-refractivity contribution is 7.90. The molecule has 0 unspecified atom stereocenters. The van der Waals surface area contributed by atoms with E-state index in [0.29, 0.717) is 15.2 Å². The lowest BCUT2D eigenvalue weighted by molar-refractivity contribution is 0.602. The lowest BCUT2D eigenvalue weighted by Gasteiger charge is -2.04. The molecule has 3 aromatic rings. The van der Waals surface area contributed by atoms with E-state index in [4.69, 9.17) is 23.2 Å². The maximum atomic E-state index is 11.5. The zero-order valence-corrected chi connectivity index (χ0v) is 15.6. The highest BCUT2D eigenvalue weighted by Gasteiger charge is 2.09. The maximum absolute atomic E-state index is 11.5. The van der Waals surface area contributed by atoms with Crippen LogP contribution in [0.5, 0.6) is 0 Å². The lowest BCUT2D eigenvalue weighted by Crippen LogP contribution is -1.96. The molecule has 24 heavy (non-hydrogen) atoms. The molecule has 1 N–H and O–H groups in total. The molecule has 124 valence electrons. The van der Waals surface area contributed by atoms with Crippen molar-refractivity contribution in [1.29, 1.82) is 0 Å². The van der Waals surface area contributed by atoms with Crippen LogP contribution in [0, 0.1) is 0 Å². The van der Waals surface area contributed by atoms with Gasteiger partial charge in [0, 0.05) is 32.9 Å². The third-order valence-corrected chi connectivity index (χ3v) is 5.52. The van der Waals surface area contributed by atoms with Gasteiger partial charge in [0.1, 0.15) is 0 Å². The number of rotatable bonds is 4. The summed E-state index contributed by atoms with van der Waals surface area (Å²) < 4.78 is 23.0. The summed E-state index contributed by atoms with van der Waals surface area (Å²) in [5, 5.41) is 6.82. The quantitative estimate of drug-likeness (QED) is 0.650. The summed E-state index contributed by atoms with van der Waals surface area (Å²) in [4.78, 5) is 4.78. The molecule has 4 nitrogen and oxygen atoms in total. The van der Waals surface area contributed by atoms with E-state index >= 15 is 0 Å². The molecular formula is C16H12Cl2N2O2S2. The second-order valence-corrected chi connectivity index (χ2v) is 8.86. The Kier molecular flexibility index (Phi) is 4.83. The summed E-state index contributed by atoms with van der Waals surface area (Å²) in [6.07, 6.45) is 1.18. The van der Waals surface area contributed by atoms with Gasteiger partial charge >= 0.3 is 0 Å². The van der Waals surface area contributed by atoms with Crippen LogP contribution in [0.25, 0.3) is 11.3 Å². The van der Waals surface area contributed by atoms with E-state index < -0.39 is 9.84 Å². The van der Waals surface area contributed by atoms with E-state index in [2.05, 4.69) is 10.3 Å². The van der Waals surface area contributed by atoms with Crippen LogP contribution in [0.2, 0.25) is 10.0 Å². The molecule has 8 heteroatoms. The molecule has 1 aromatic heterocycles. The first-order valence-corrected chi connectivity index (χ1v) is 10.3. The van der Waals surface area contributed by atoms with Crippen LogP contribution in [0.1, 0.15) is 0 Å². The van der Waals surface area contributed by atoms with Crippen molar-refractivity contribution in [2.45, 2.75) is 4.90 Å². The minimum absolute atomic E-state index is 0.286. The van der Waals surface area contributed by atoms with E-state index in [-0.39, 0.29) is 4.90 Å². The predicted octanol–water partition coefficient (Wildman–Crippen LogP) is 5.26. The van der Waals surface area contributed by atoms with Crippen LogP contribution in [0.4, 0.5) is 10.8 Å². The third-order valence-electron chi connectivity index (χ3n) is 3.20. The normalized spacial score (nSPS) is 11.5. The summed E-state index contributed by atoms with van der Waals surface area (Å²) in [5.41, 5.74) is 2.35. The van der Waals surface area contributed by atoms with Crippen LogP contribution in [-0.4, -0.2) is 19.7 Å². The van der Waals surface area contributed by atoms with Crippen molar-refractivity contribution >= 4 is 55.2 Å². The molecule has 0 aliphatic heterocycles. The van der Waals surface area contributed by atoms with Gasteiger partial charge in [-0.2, -0.15) is 0 Å². The summed E-state index contributed by atoms with van der Waals surface area (Å²) in [7, 11) is -3.20. The number of sulfone groups is 1. The number of nitrogens with one attached hydrogen (secondary N) is 1. The fourth-order valence-electron chi connectivity index (χ4n) is 2.09. The molecule has 0 saturated heterocycles. The maximum Gasteiger partial charge on any atom is 0.187 e. The van der Waals surface area contributed by atoms with Crippen molar-refractivity contribution < 1.29 is 8.42 Å². The fourth-order valence-corrected chi connectivity index (χ4v) is 3.98. The number of nitrogens with zero attached hydrogens (tertiary/aromatic N) is 1. The molecule has 0 fully saturated rings. The van der Waals surface area contributed by atoms with Crippen molar-refractivity contribution in [2.75, 3.05) is 11.6 Å². The van der Waals surface area contributed by atoms with E-state index in [1.54, 1.807) is 42.5 Å². The Balaban J connectivity index is 1.82. The number of anilines is 2. The number of benzene rings is 2. The van der Waals surface area contributed by atoms with E-state index in [9.17, 15) is 8.42 Å². The minimum Gasteiger partial charge on any atom is -0.331 e. The average Bonchev–Trinajstić information content (AvgIpc) is 2.94. The molecule has 0 aliphatic carbocycles. The molecule has 0 saturated carbocycles. The van der Waals surface area contributed by atoms with Crippen LogP contribution in [0.3, 0.4) is 0 Å². The number of thiazole rings is 1. The van der Waals surface area contributed by atoms with Crippen molar-refractivity contribution in [3.8, 4) is 11.3 Å². The van der Waals surface area contributed by atoms with Crippen molar-refractivity contribution in [1.82, 2.24) is 4.98 Å². The van der Waals surface area contributed by atoms with Crippen LogP contribution in [0.15, 0.2) is 52.7 Å². The Morgan fingerprint density at radius 2 is 1.67 bits per heavy atom. The van der Waals surface area contributed by atoms with Gasteiger partial charge in [-0.15, -0.1) is 11.3 Å². The van der Waals surface area contributed by atoms with Gasteiger partial charge in [0.2, 0.25) is 0 Å². The molecule has 0 aliphatic rings. The monoisotopic (exact) mass is 398 g/mol. The summed E-state index contributed by atoms with van der Waals surface area (Å²) in [6, 6.07) is 11.8. The molecule has 1 heterocycles. The molecule has 0 atom stereocenters. The van der Waals surface area contributed by atoms with Gasteiger partial charge in [0.25, 0.3) is 0 Å². The summed E-state index contributed by atoms with van der Waals surface area (Å²) in [5.74, 6) is 0. The van der Waals surface area contributed by atoms with Gasteiger partial charge in [-0.05, 0) is 30.3 Å². The number of aromatic nitrogens is 1. The molecule has 0 radical (unpaired) electrons. The van der Waals surface area contributed by atoms with E-state index in [1.165, 1.54) is 17.6 Å². The van der Waals surface area contributed by atoms with Gasteiger partial charge in [-0.3, -0.25) is 0 Å². The SMILES string of the molecule is CS(=O)(=O)c1ccc(-c2csc(Nc3cc(Cl)cc(Cl)c3)n2)cc1. The second kappa shape index (κ2) is 6.72. The molecule has 0 bridgehead atoms. The summed E-state index contributed by atoms with van der Waals surface area (Å²) in [6.45, 7) is 0. The van der Waals surface area contributed by atoms with Gasteiger partial charge in [0.05, 0.1) is 10.6 Å². The Hall–Kier alpha value is -1.60. The minimum atomic E-state index is -3.20. The largest absolute Gasteiger partial charge is 0.331 e. The first-order valence-electron chi connectivity index (χ1n) is 6.80. The van der Waals surface area contributed by atoms with E-state index in [1.807, 2.05) is 5.38 Å². The van der Waals surface area contributed by atoms with Gasteiger partial charge in [-0.25, -0.2) is 13.4 Å². The topological polar surface area (TPSA) is 59.1 Å². The zero-order valence-electron chi connectivity index (χ0n) is 12.5. The van der Waals surface area contributed by atoms with Crippen molar-refractivity contribution in [3.63, 3.8) is 0 Å². The van der Waals surface area contributed by atoms with Crippen molar-refractivity contribution in [3.05, 3.63) is 57.9 Å². The lowest BCUT2D eigenvalue weighted by atomic mass is 10.2. The Morgan fingerprint density at radius 3 is 2.25 bits per heavy atom. The van der Waals surface area contributed by atoms with Gasteiger partial charge in [0.15, 0.2) is 15.0 Å². The first-order chi connectivity index (χ1) is 11.3. The number of hydrogen-bond acceptors (Lipinski definition) is 5. The van der Waals surface area contributed by atoms with Crippen LogP contribution >= 0.6 is 34.5 Å². The highest BCUT2D eigenvalue weighted by atomic mass is 35.5. The molecule has 0 amide bonds. The zero-order chi connectivity index (χ0) is 17.3. The van der Waals surface area contributed by atoms with Crippen LogP contribution in [-0.2, 0) is 9.84 Å². The standard InChI is InChI=1S/C16H12Cl2N2O2S2/c1-24(21,22)14-4-2-10(3-5-14)15-9-23-16(20-15)19-13-7-11(17)6-12(18)8-13/h2-9H,1H3,(H,19,20). The Morgan fingerprint density at radius 1 is 1.04 bits per heavy atom. The summed E-state index contributed by atoms with van der Waals surface area (Å²) >= 11 is 13.4. The van der Waals surface area contributed by atoms with Gasteiger partial charge < -0.3 is 5.32 Å². The predicted molar refractivity (Wildman–Crippen MR) is 100 cm³/mol. The number of halogens is 2. The Bertz CT molecular complexity index is 963. The molecule has 0 spiro atoms. The highest BCUT2D eigenvalue weighted by Crippen LogP contribution is 2.30. The van der Waals surface area contributed by atoms with Crippen LogP contribution < -0.4 is 5.32 Å². The Labute approximate surface area is 154 Å². The molecule has 3 rings (SSSR count). The first kappa shape index (κ1) is 17.2. The molecular weight excluding hydrogens is 387 g/mol. The average molecular weight is 399 g/mol. The van der Waals surface area contributed by atoms with Gasteiger partial charge in [-0.1, -0.05) is 35.3 Å². The second-order valence-electron chi connectivity index (χ2n) is 5.12. The third kappa shape index (κ3) is 4.08. The number of hydrogen-bond donors (Lipinski definition) is 1. The smallest absolute Gasteiger partial charge is 0.187 e. The van der Waals surface area contributed by atoms with E-state index in [0.717, 1.165) is 16.9 Å². The fraction of sp³-hybridized carbons (Fsp3) is 0.0625. The molecule has 2 aromatic carbocycles.